The van der Waals surface area contributed by atoms with E-state index in [0.29, 0.717) is 17.9 Å². The maximum Gasteiger partial charge on any atom is 0.359 e. The number of nitriles is 1. The van der Waals surface area contributed by atoms with Gasteiger partial charge in [-0.3, -0.25) is 9.55 Å². The van der Waals surface area contributed by atoms with Crippen LogP contribution < -0.4 is 21.4 Å². The molecule has 9 nitrogen and oxygen atoms in total. The quantitative estimate of drug-likeness (QED) is 0.457. The van der Waals surface area contributed by atoms with Crippen LogP contribution in [0.15, 0.2) is 64.4 Å². The Hall–Kier alpha value is -4.49. The number of hydrogen-bond donors (Lipinski definition) is 1. The van der Waals surface area contributed by atoms with Gasteiger partial charge in [-0.15, -0.1) is 0 Å². The van der Waals surface area contributed by atoms with Gasteiger partial charge in [-0.1, -0.05) is 17.7 Å². The molecule has 0 radical (unpaired) electrons. The number of rotatable bonds is 5. The molecular weight excluding hydrogens is 475 g/mol. The lowest BCUT2D eigenvalue weighted by atomic mass is 10.1. The molecule has 0 fully saturated rings. The van der Waals surface area contributed by atoms with Crippen molar-refractivity contribution in [2.75, 3.05) is 11.9 Å². The summed E-state index contributed by atoms with van der Waals surface area (Å²) < 4.78 is 21.4. The first kappa shape index (κ1) is 22.3. The van der Waals surface area contributed by atoms with E-state index in [1.807, 2.05) is 6.07 Å². The van der Waals surface area contributed by atoms with Crippen molar-refractivity contribution in [2.24, 2.45) is 0 Å². The fraction of sp³-hybridized carbons (Fsp3) is 0.125. The van der Waals surface area contributed by atoms with Crippen molar-refractivity contribution in [1.82, 2.24) is 19.1 Å². The maximum atomic E-state index is 13.8. The molecule has 5 rings (SSSR count). The smallest absolute Gasteiger partial charge is 0.359 e. The number of nitrogens with one attached hydrogen (secondary N) is 1. The lowest BCUT2D eigenvalue weighted by Crippen LogP contribution is -2.41. The topological polar surface area (TPSA) is 115 Å². The number of halogens is 2. The molecule has 2 aromatic heterocycles. The van der Waals surface area contributed by atoms with E-state index < -0.39 is 17.2 Å². The van der Waals surface area contributed by atoms with Crippen LogP contribution >= 0.6 is 11.6 Å². The third-order valence-corrected chi connectivity index (χ3v) is 5.66. The first-order valence-electron chi connectivity index (χ1n) is 10.5. The minimum Gasteiger partial charge on any atom is -0.493 e. The van der Waals surface area contributed by atoms with Gasteiger partial charge in [0.2, 0.25) is 5.95 Å². The number of anilines is 2. The summed E-state index contributed by atoms with van der Waals surface area (Å²) in [6.45, 7) is 0.489. The first-order valence-corrected chi connectivity index (χ1v) is 10.9. The minimum absolute atomic E-state index is 0.0204. The fourth-order valence-electron chi connectivity index (χ4n) is 3.81. The molecule has 3 heterocycles. The summed E-state index contributed by atoms with van der Waals surface area (Å²) in [5.41, 5.74) is 0.484. The number of nitrogens with zero attached hydrogens (tertiary/aromatic N) is 5. The van der Waals surface area contributed by atoms with Crippen LogP contribution in [0, 0.1) is 17.1 Å². The van der Waals surface area contributed by atoms with Crippen molar-refractivity contribution in [2.45, 2.75) is 13.0 Å². The molecule has 174 valence electrons. The van der Waals surface area contributed by atoms with Crippen molar-refractivity contribution >= 4 is 23.2 Å². The molecule has 35 heavy (non-hydrogen) atoms. The van der Waals surface area contributed by atoms with Gasteiger partial charge in [0, 0.05) is 18.3 Å². The van der Waals surface area contributed by atoms with Crippen molar-refractivity contribution in [1.29, 1.82) is 5.26 Å². The normalized spacial score (nSPS) is 12.0. The largest absolute Gasteiger partial charge is 0.493 e. The number of benzene rings is 2. The molecule has 1 aliphatic rings. The highest BCUT2D eigenvalue weighted by Crippen LogP contribution is 2.29. The van der Waals surface area contributed by atoms with Gasteiger partial charge in [0.15, 0.2) is 0 Å². The fourth-order valence-corrected chi connectivity index (χ4v) is 3.98. The van der Waals surface area contributed by atoms with Crippen LogP contribution in [0.3, 0.4) is 0 Å². The molecule has 0 atom stereocenters. The predicted molar refractivity (Wildman–Crippen MR) is 126 cm³/mol. The monoisotopic (exact) mass is 490 g/mol. The number of fused-ring (bicyclic) bond motifs is 1. The number of pyridine rings is 1. The lowest BCUT2D eigenvalue weighted by Gasteiger charge is -2.16. The Kier molecular flexibility index (Phi) is 5.76. The number of aromatic nitrogens is 4. The van der Waals surface area contributed by atoms with Crippen LogP contribution in [0.4, 0.5) is 16.0 Å². The summed E-state index contributed by atoms with van der Waals surface area (Å²) in [4.78, 5) is 34.5. The zero-order valence-electron chi connectivity index (χ0n) is 18.0. The molecule has 0 spiro atoms. The second-order valence-electron chi connectivity index (χ2n) is 7.76. The summed E-state index contributed by atoms with van der Waals surface area (Å²) in [5, 5.41) is 12.5. The maximum absolute atomic E-state index is 13.8. The molecule has 0 bridgehead atoms. The third kappa shape index (κ3) is 4.37. The Bertz CT molecular complexity index is 1630. The van der Waals surface area contributed by atoms with Gasteiger partial charge in [0.25, 0.3) is 0 Å². The minimum atomic E-state index is -0.834. The lowest BCUT2D eigenvalue weighted by molar-refractivity contribution is 0.357. The summed E-state index contributed by atoms with van der Waals surface area (Å²) >= 11 is 6.01. The van der Waals surface area contributed by atoms with Gasteiger partial charge in [-0.2, -0.15) is 10.2 Å². The van der Waals surface area contributed by atoms with Crippen molar-refractivity contribution in [3.8, 4) is 17.5 Å². The second kappa shape index (κ2) is 9.04. The average molecular weight is 491 g/mol. The Morgan fingerprint density at radius 3 is 2.83 bits per heavy atom. The highest BCUT2D eigenvalue weighted by molar-refractivity contribution is 6.30. The first-order chi connectivity index (χ1) is 16.9. The molecule has 11 heteroatoms. The summed E-state index contributed by atoms with van der Waals surface area (Å²) in [5.74, 6) is 0.0865. The van der Waals surface area contributed by atoms with Crippen LogP contribution in [0.2, 0.25) is 5.02 Å². The van der Waals surface area contributed by atoms with E-state index in [9.17, 15) is 19.2 Å². The van der Waals surface area contributed by atoms with Crippen LogP contribution in [-0.2, 0) is 13.0 Å². The van der Waals surface area contributed by atoms with E-state index >= 15 is 0 Å². The van der Waals surface area contributed by atoms with E-state index in [1.165, 1.54) is 35.2 Å². The number of ether oxygens (including phenoxy) is 1. The molecular formula is C24H16ClFN6O3. The van der Waals surface area contributed by atoms with Crippen molar-refractivity contribution in [3.63, 3.8) is 0 Å². The van der Waals surface area contributed by atoms with Crippen LogP contribution in [0.25, 0.3) is 5.69 Å². The van der Waals surface area contributed by atoms with E-state index in [4.69, 9.17) is 16.3 Å². The summed E-state index contributed by atoms with van der Waals surface area (Å²) in [6.07, 6.45) is 3.43. The molecule has 1 N–H and O–H groups in total. The molecule has 0 saturated heterocycles. The Morgan fingerprint density at radius 2 is 2.03 bits per heavy atom. The standard InChI is InChI=1S/C24H16ClFN6O3/c25-17-9-19(12-28-11-17)32-23(33)30-22(29-18-2-4-21-15(8-18)5-6-35-21)31(24(32)34)13-14-1-3-20(26)16(7-14)10-27/h1-4,7-9,11-12H,5-6,13H2,(H,29,30,33). The molecule has 0 aliphatic carbocycles. The average Bonchev–Trinajstić information content (AvgIpc) is 3.30. The number of hydrogen-bond acceptors (Lipinski definition) is 7. The van der Waals surface area contributed by atoms with Crippen LogP contribution in [0.1, 0.15) is 16.7 Å². The molecule has 0 saturated carbocycles. The van der Waals surface area contributed by atoms with Gasteiger partial charge in [-0.05, 0) is 47.5 Å². The van der Waals surface area contributed by atoms with Gasteiger partial charge < -0.3 is 10.1 Å². The van der Waals surface area contributed by atoms with Crippen LogP contribution in [0.5, 0.6) is 5.75 Å². The SMILES string of the molecule is N#Cc1cc(Cn2c(Nc3ccc4c(c3)CCO4)nc(=O)n(-c3cncc(Cl)c3)c2=O)ccc1F. The molecule has 2 aromatic carbocycles. The Balaban J connectivity index is 1.65. The van der Waals surface area contributed by atoms with E-state index in [-0.39, 0.29) is 28.8 Å². The molecule has 1 aliphatic heterocycles. The van der Waals surface area contributed by atoms with E-state index in [2.05, 4.69) is 15.3 Å². The summed E-state index contributed by atoms with van der Waals surface area (Å²) in [6, 6.07) is 12.6. The van der Waals surface area contributed by atoms with Crippen molar-refractivity contribution < 1.29 is 9.13 Å². The highest BCUT2D eigenvalue weighted by Gasteiger charge is 2.18. The molecule has 0 amide bonds. The predicted octanol–water partition coefficient (Wildman–Crippen LogP) is 3.18. The molecule has 0 unspecified atom stereocenters. The highest BCUT2D eigenvalue weighted by atomic mass is 35.5. The third-order valence-electron chi connectivity index (χ3n) is 5.46. The molecule has 4 aromatic rings. The summed E-state index contributed by atoms with van der Waals surface area (Å²) in [7, 11) is 0. The Morgan fingerprint density at radius 1 is 1.17 bits per heavy atom. The van der Waals surface area contributed by atoms with Gasteiger partial charge in [0.1, 0.15) is 17.6 Å². The Labute approximate surface area is 202 Å². The van der Waals surface area contributed by atoms with Crippen molar-refractivity contribution in [3.05, 3.63) is 103 Å². The van der Waals surface area contributed by atoms with Gasteiger partial charge in [0.05, 0.1) is 35.6 Å². The zero-order chi connectivity index (χ0) is 24.5. The van der Waals surface area contributed by atoms with E-state index in [1.54, 1.807) is 18.2 Å². The van der Waals surface area contributed by atoms with Gasteiger partial charge in [-0.25, -0.2) is 18.5 Å². The van der Waals surface area contributed by atoms with E-state index in [0.717, 1.165) is 28.4 Å². The van der Waals surface area contributed by atoms with Gasteiger partial charge >= 0.3 is 11.4 Å². The second-order valence-corrected chi connectivity index (χ2v) is 8.19. The van der Waals surface area contributed by atoms with Crippen LogP contribution in [-0.4, -0.2) is 25.7 Å². The zero-order valence-corrected chi connectivity index (χ0v) is 18.8.